The summed E-state index contributed by atoms with van der Waals surface area (Å²) in [5.74, 6) is -0.794. The predicted octanol–water partition coefficient (Wildman–Crippen LogP) is 2.15. The number of nitrogens with zero attached hydrogens (tertiary/aromatic N) is 1. The number of methoxy groups -OCH3 is 1. The van der Waals surface area contributed by atoms with E-state index in [2.05, 4.69) is 25.7 Å². The minimum atomic E-state index is -0.794. The molecule has 0 saturated carbocycles. The fraction of sp³-hybridized carbons (Fsp3) is 0.933. The number of carboxylic acid groups (broad SMARTS) is 1. The Kier molecular flexibility index (Phi) is 6.92. The summed E-state index contributed by atoms with van der Waals surface area (Å²) in [4.78, 5) is 12.9. The van der Waals surface area contributed by atoms with E-state index in [1.165, 1.54) is 0 Å². The molecule has 1 rings (SSSR count). The van der Waals surface area contributed by atoms with E-state index in [1.807, 2.05) is 0 Å². The molecular weight excluding hydrogens is 258 g/mol. The third kappa shape index (κ3) is 6.20. The van der Waals surface area contributed by atoms with Gasteiger partial charge < -0.3 is 19.5 Å². The zero-order chi connectivity index (χ0) is 15.2. The number of hydrogen-bond acceptors (Lipinski definition) is 4. The normalized spacial score (nSPS) is 20.0. The molecule has 0 aromatic heterocycles. The highest BCUT2D eigenvalue weighted by atomic mass is 16.5. The molecule has 1 atom stereocenters. The van der Waals surface area contributed by atoms with Gasteiger partial charge in [-0.05, 0) is 40.0 Å². The van der Waals surface area contributed by atoms with E-state index in [4.69, 9.17) is 14.6 Å². The van der Waals surface area contributed by atoms with Crippen LogP contribution in [0.3, 0.4) is 0 Å². The van der Waals surface area contributed by atoms with Crippen LogP contribution in [-0.4, -0.2) is 60.5 Å². The second kappa shape index (κ2) is 7.96. The van der Waals surface area contributed by atoms with Crippen LogP contribution >= 0.6 is 0 Å². The van der Waals surface area contributed by atoms with Crippen LogP contribution < -0.4 is 0 Å². The average Bonchev–Trinajstić information content (AvgIpc) is 2.38. The number of likely N-dealkylation sites (tertiary alicyclic amines) is 1. The minimum Gasteiger partial charge on any atom is -0.481 e. The highest BCUT2D eigenvalue weighted by Gasteiger charge is 2.27. The highest BCUT2D eigenvalue weighted by molar-refractivity contribution is 5.66. The van der Waals surface area contributed by atoms with E-state index >= 15 is 0 Å². The van der Waals surface area contributed by atoms with Crippen molar-refractivity contribution in [2.24, 2.45) is 0 Å². The predicted molar refractivity (Wildman–Crippen MR) is 78.0 cm³/mol. The number of carbonyl (C=O) groups is 1. The number of aliphatic carboxylic acids is 1. The van der Waals surface area contributed by atoms with E-state index in [-0.39, 0.29) is 18.1 Å². The molecule has 1 fully saturated rings. The Balaban J connectivity index is 2.26. The first-order valence-corrected chi connectivity index (χ1v) is 7.46. The molecule has 1 saturated heterocycles. The van der Waals surface area contributed by atoms with Gasteiger partial charge in [0.25, 0.3) is 0 Å². The van der Waals surface area contributed by atoms with Gasteiger partial charge in [0, 0.05) is 26.2 Å². The Labute approximate surface area is 122 Å². The zero-order valence-electron chi connectivity index (χ0n) is 13.2. The lowest BCUT2D eigenvalue weighted by molar-refractivity contribution is -0.138. The number of ether oxygens (including phenoxy) is 2. The van der Waals surface area contributed by atoms with E-state index in [0.29, 0.717) is 12.6 Å². The molecule has 118 valence electrons. The van der Waals surface area contributed by atoms with Crippen molar-refractivity contribution < 1.29 is 19.4 Å². The second-order valence-electron chi connectivity index (χ2n) is 6.27. The molecule has 0 aromatic rings. The summed E-state index contributed by atoms with van der Waals surface area (Å²) in [6.45, 7) is 8.83. The largest absolute Gasteiger partial charge is 0.481 e. The van der Waals surface area contributed by atoms with Crippen molar-refractivity contribution in [2.75, 3.05) is 26.8 Å². The van der Waals surface area contributed by atoms with Gasteiger partial charge in [-0.2, -0.15) is 0 Å². The van der Waals surface area contributed by atoms with Gasteiger partial charge in [-0.3, -0.25) is 4.79 Å². The van der Waals surface area contributed by atoms with Gasteiger partial charge in [-0.25, -0.2) is 0 Å². The molecule has 5 nitrogen and oxygen atoms in total. The van der Waals surface area contributed by atoms with Gasteiger partial charge >= 0.3 is 5.97 Å². The molecule has 0 spiro atoms. The van der Waals surface area contributed by atoms with Gasteiger partial charge in [-0.1, -0.05) is 0 Å². The molecular formula is C15H29NO4. The topological polar surface area (TPSA) is 59.0 Å². The molecule has 1 aliphatic rings. The molecule has 0 radical (unpaired) electrons. The summed E-state index contributed by atoms with van der Waals surface area (Å²) in [7, 11) is 1.76. The Morgan fingerprint density at radius 2 is 2.00 bits per heavy atom. The van der Waals surface area contributed by atoms with Crippen molar-refractivity contribution in [3.05, 3.63) is 0 Å². The quantitative estimate of drug-likeness (QED) is 0.741. The second-order valence-corrected chi connectivity index (χ2v) is 6.27. The van der Waals surface area contributed by atoms with Crippen molar-refractivity contribution in [1.82, 2.24) is 4.90 Å². The summed E-state index contributed by atoms with van der Waals surface area (Å²) < 4.78 is 11.1. The van der Waals surface area contributed by atoms with Crippen molar-refractivity contribution >= 4 is 5.97 Å². The summed E-state index contributed by atoms with van der Waals surface area (Å²) >= 11 is 0. The third-order valence-corrected chi connectivity index (χ3v) is 4.11. The van der Waals surface area contributed by atoms with Crippen LogP contribution in [0.1, 0.15) is 46.5 Å². The van der Waals surface area contributed by atoms with E-state index in [9.17, 15) is 4.79 Å². The number of hydrogen-bond donors (Lipinski definition) is 1. The van der Waals surface area contributed by atoms with E-state index in [1.54, 1.807) is 7.11 Å². The Morgan fingerprint density at radius 3 is 2.50 bits per heavy atom. The SMILES string of the molecule is COC(C)(C)CC(C)N1CCC(OCCC(=O)O)CC1. The zero-order valence-corrected chi connectivity index (χ0v) is 13.2. The van der Waals surface area contributed by atoms with Crippen molar-refractivity contribution in [3.63, 3.8) is 0 Å². The van der Waals surface area contributed by atoms with Gasteiger partial charge in [-0.15, -0.1) is 0 Å². The van der Waals surface area contributed by atoms with Gasteiger partial charge in [0.05, 0.1) is 24.7 Å². The number of piperidine rings is 1. The minimum absolute atomic E-state index is 0.0890. The Bertz CT molecular complexity index is 298. The molecule has 5 heteroatoms. The lowest BCUT2D eigenvalue weighted by Gasteiger charge is -2.38. The van der Waals surface area contributed by atoms with Crippen LogP contribution in [0.5, 0.6) is 0 Å². The van der Waals surface area contributed by atoms with Gasteiger partial charge in [0.2, 0.25) is 0 Å². The monoisotopic (exact) mass is 287 g/mol. The molecule has 0 amide bonds. The first kappa shape index (κ1) is 17.4. The van der Waals surface area contributed by atoms with Crippen molar-refractivity contribution in [3.8, 4) is 0 Å². The van der Waals surface area contributed by atoms with Crippen LogP contribution in [0.25, 0.3) is 0 Å². The molecule has 0 bridgehead atoms. The van der Waals surface area contributed by atoms with Crippen LogP contribution in [0.2, 0.25) is 0 Å². The number of carboxylic acids is 1. The van der Waals surface area contributed by atoms with Gasteiger partial charge in [0.1, 0.15) is 0 Å². The van der Waals surface area contributed by atoms with Crippen LogP contribution in [-0.2, 0) is 14.3 Å². The standard InChI is InChI=1S/C15H29NO4/c1-12(11-15(2,3)19-4)16-8-5-13(6-9-16)20-10-7-14(17)18/h12-13H,5-11H2,1-4H3,(H,17,18). The Hall–Kier alpha value is -0.650. The Morgan fingerprint density at radius 1 is 1.40 bits per heavy atom. The maximum atomic E-state index is 10.4. The average molecular weight is 287 g/mol. The number of rotatable bonds is 8. The van der Waals surface area contributed by atoms with Gasteiger partial charge in [0.15, 0.2) is 0 Å². The fourth-order valence-electron chi connectivity index (χ4n) is 2.72. The highest BCUT2D eigenvalue weighted by Crippen LogP contribution is 2.22. The molecule has 1 heterocycles. The fourth-order valence-corrected chi connectivity index (χ4v) is 2.72. The van der Waals surface area contributed by atoms with Crippen LogP contribution in [0, 0.1) is 0 Å². The lowest BCUT2D eigenvalue weighted by Crippen LogP contribution is -2.45. The smallest absolute Gasteiger partial charge is 0.305 e. The first-order valence-electron chi connectivity index (χ1n) is 7.46. The molecule has 0 aromatic carbocycles. The van der Waals surface area contributed by atoms with Crippen LogP contribution in [0.4, 0.5) is 0 Å². The summed E-state index contributed by atoms with van der Waals surface area (Å²) in [5, 5.41) is 8.59. The van der Waals surface area contributed by atoms with E-state index in [0.717, 1.165) is 32.4 Å². The van der Waals surface area contributed by atoms with Crippen LogP contribution in [0.15, 0.2) is 0 Å². The maximum absolute atomic E-state index is 10.4. The lowest BCUT2D eigenvalue weighted by atomic mass is 9.96. The third-order valence-electron chi connectivity index (χ3n) is 4.11. The van der Waals surface area contributed by atoms with E-state index < -0.39 is 5.97 Å². The van der Waals surface area contributed by atoms with Crippen molar-refractivity contribution in [2.45, 2.75) is 64.2 Å². The van der Waals surface area contributed by atoms with Crippen molar-refractivity contribution in [1.29, 1.82) is 0 Å². The molecule has 1 N–H and O–H groups in total. The summed E-state index contributed by atoms with van der Waals surface area (Å²) in [6.07, 6.45) is 3.29. The summed E-state index contributed by atoms with van der Waals surface area (Å²) in [5.41, 5.74) is -0.0890. The summed E-state index contributed by atoms with van der Waals surface area (Å²) in [6, 6.07) is 0.491. The first-order chi connectivity index (χ1) is 9.34. The molecule has 1 aliphatic heterocycles. The maximum Gasteiger partial charge on any atom is 0.305 e. The molecule has 0 aliphatic carbocycles. The molecule has 1 unspecified atom stereocenters. The molecule has 20 heavy (non-hydrogen) atoms.